The van der Waals surface area contributed by atoms with Crippen LogP contribution in [0.15, 0.2) is 16.6 Å². The predicted molar refractivity (Wildman–Crippen MR) is 61.1 cm³/mol. The third-order valence-electron chi connectivity index (χ3n) is 2.25. The fourth-order valence-electron chi connectivity index (χ4n) is 1.49. The van der Waals surface area contributed by atoms with Crippen LogP contribution in [-0.2, 0) is 4.74 Å². The van der Waals surface area contributed by atoms with Gasteiger partial charge in [-0.3, -0.25) is 0 Å². The van der Waals surface area contributed by atoms with Crippen LogP contribution in [0, 0.1) is 0 Å². The summed E-state index contributed by atoms with van der Waals surface area (Å²) >= 11 is 3.36. The van der Waals surface area contributed by atoms with Gasteiger partial charge in [0.1, 0.15) is 5.56 Å². The van der Waals surface area contributed by atoms with Gasteiger partial charge in [-0.25, -0.2) is 4.79 Å². The molecule has 0 N–H and O–H groups in total. The van der Waals surface area contributed by atoms with Crippen molar-refractivity contribution in [3.05, 3.63) is 22.2 Å². The standard InChI is InChI=1S/C11H11BrO4/c1-14-11(13)7-3-4-8(12)10-9(7)15-5-2-6-16-10/h3-4H,2,5-6H2,1H3. The maximum absolute atomic E-state index is 11.5. The van der Waals surface area contributed by atoms with Crippen molar-refractivity contribution in [2.24, 2.45) is 0 Å². The van der Waals surface area contributed by atoms with Crippen LogP contribution < -0.4 is 9.47 Å². The fraction of sp³-hybridized carbons (Fsp3) is 0.364. The molecule has 0 unspecified atom stereocenters. The minimum atomic E-state index is -0.422. The number of carbonyl (C=O) groups excluding carboxylic acids is 1. The van der Waals surface area contributed by atoms with E-state index in [0.717, 1.165) is 10.9 Å². The number of hydrogen-bond donors (Lipinski definition) is 0. The van der Waals surface area contributed by atoms with Crippen molar-refractivity contribution in [3.63, 3.8) is 0 Å². The molecule has 1 aromatic carbocycles. The van der Waals surface area contributed by atoms with Gasteiger partial charge in [-0.1, -0.05) is 0 Å². The van der Waals surface area contributed by atoms with E-state index in [1.165, 1.54) is 7.11 Å². The molecule has 1 aliphatic rings. The molecule has 0 aromatic heterocycles. The van der Waals surface area contributed by atoms with Crippen molar-refractivity contribution < 1.29 is 19.0 Å². The van der Waals surface area contributed by atoms with Crippen LogP contribution in [0.25, 0.3) is 0 Å². The molecule has 1 aliphatic heterocycles. The smallest absolute Gasteiger partial charge is 0.341 e. The van der Waals surface area contributed by atoms with Gasteiger partial charge in [-0.2, -0.15) is 0 Å². The van der Waals surface area contributed by atoms with Gasteiger partial charge in [0.15, 0.2) is 11.5 Å². The van der Waals surface area contributed by atoms with Crippen molar-refractivity contribution in [1.82, 2.24) is 0 Å². The molecular weight excluding hydrogens is 276 g/mol. The highest BCUT2D eigenvalue weighted by Gasteiger charge is 2.22. The van der Waals surface area contributed by atoms with E-state index in [4.69, 9.17) is 14.2 Å². The van der Waals surface area contributed by atoms with Gasteiger partial charge in [0, 0.05) is 6.42 Å². The molecular formula is C11H11BrO4. The summed E-state index contributed by atoms with van der Waals surface area (Å²) in [5.41, 5.74) is 0.391. The van der Waals surface area contributed by atoms with Crippen LogP contribution in [-0.4, -0.2) is 26.3 Å². The Hall–Kier alpha value is -1.23. The van der Waals surface area contributed by atoms with E-state index in [9.17, 15) is 4.79 Å². The minimum absolute atomic E-state index is 0.391. The number of benzene rings is 1. The number of carbonyl (C=O) groups is 1. The Morgan fingerprint density at radius 3 is 2.69 bits per heavy atom. The molecule has 2 rings (SSSR count). The molecule has 0 radical (unpaired) electrons. The number of halogens is 1. The molecule has 4 nitrogen and oxygen atoms in total. The van der Waals surface area contributed by atoms with Gasteiger partial charge in [0.2, 0.25) is 0 Å². The maximum atomic E-state index is 11.5. The average molecular weight is 287 g/mol. The molecule has 0 spiro atoms. The second-order valence-electron chi connectivity index (χ2n) is 3.30. The summed E-state index contributed by atoms with van der Waals surface area (Å²) in [7, 11) is 1.34. The lowest BCUT2D eigenvalue weighted by molar-refractivity contribution is 0.0596. The summed E-state index contributed by atoms with van der Waals surface area (Å²) in [6.07, 6.45) is 0.793. The Morgan fingerprint density at radius 1 is 1.31 bits per heavy atom. The van der Waals surface area contributed by atoms with Crippen LogP contribution in [0.2, 0.25) is 0 Å². The number of hydrogen-bond acceptors (Lipinski definition) is 4. The van der Waals surface area contributed by atoms with Crippen LogP contribution in [0.3, 0.4) is 0 Å². The Morgan fingerprint density at radius 2 is 2.00 bits per heavy atom. The van der Waals surface area contributed by atoms with Crippen molar-refractivity contribution in [2.75, 3.05) is 20.3 Å². The number of ether oxygens (including phenoxy) is 3. The molecule has 86 valence electrons. The number of fused-ring (bicyclic) bond motifs is 1. The molecule has 5 heteroatoms. The number of methoxy groups -OCH3 is 1. The molecule has 0 amide bonds. The average Bonchev–Trinajstić information content (AvgIpc) is 2.55. The third kappa shape index (κ3) is 2.00. The normalized spacial score (nSPS) is 14.1. The van der Waals surface area contributed by atoms with E-state index in [-0.39, 0.29) is 0 Å². The highest BCUT2D eigenvalue weighted by molar-refractivity contribution is 9.10. The first-order valence-electron chi connectivity index (χ1n) is 4.90. The lowest BCUT2D eigenvalue weighted by Gasteiger charge is -2.12. The van der Waals surface area contributed by atoms with Crippen molar-refractivity contribution in [2.45, 2.75) is 6.42 Å². The Balaban J connectivity index is 2.51. The maximum Gasteiger partial charge on any atom is 0.341 e. The largest absolute Gasteiger partial charge is 0.489 e. The molecule has 1 heterocycles. The SMILES string of the molecule is COC(=O)c1ccc(Br)c2c1OCCCO2. The van der Waals surface area contributed by atoms with E-state index in [1.54, 1.807) is 12.1 Å². The van der Waals surface area contributed by atoms with Gasteiger partial charge in [-0.15, -0.1) is 0 Å². The van der Waals surface area contributed by atoms with Crippen LogP contribution in [0.4, 0.5) is 0 Å². The van der Waals surface area contributed by atoms with E-state index in [0.29, 0.717) is 30.3 Å². The zero-order valence-corrected chi connectivity index (χ0v) is 10.4. The monoisotopic (exact) mass is 286 g/mol. The molecule has 0 bridgehead atoms. The lowest BCUT2D eigenvalue weighted by Crippen LogP contribution is -2.06. The van der Waals surface area contributed by atoms with E-state index >= 15 is 0 Å². The molecule has 1 aromatic rings. The van der Waals surface area contributed by atoms with Gasteiger partial charge in [-0.05, 0) is 28.1 Å². The van der Waals surface area contributed by atoms with Gasteiger partial charge in [0.25, 0.3) is 0 Å². The van der Waals surface area contributed by atoms with E-state index in [1.807, 2.05) is 0 Å². The van der Waals surface area contributed by atoms with Crippen LogP contribution >= 0.6 is 15.9 Å². The van der Waals surface area contributed by atoms with E-state index < -0.39 is 5.97 Å². The first kappa shape index (κ1) is 11.3. The fourth-order valence-corrected chi connectivity index (χ4v) is 1.92. The van der Waals surface area contributed by atoms with Gasteiger partial charge in [0.05, 0.1) is 24.8 Å². The van der Waals surface area contributed by atoms with E-state index in [2.05, 4.69) is 15.9 Å². The Labute approximate surface area is 102 Å². The first-order chi connectivity index (χ1) is 7.74. The third-order valence-corrected chi connectivity index (χ3v) is 2.88. The molecule has 0 fully saturated rings. The quantitative estimate of drug-likeness (QED) is 0.744. The predicted octanol–water partition coefficient (Wildman–Crippen LogP) is 2.40. The van der Waals surface area contributed by atoms with Crippen molar-refractivity contribution >= 4 is 21.9 Å². The first-order valence-corrected chi connectivity index (χ1v) is 5.69. The molecule has 0 aliphatic carbocycles. The number of rotatable bonds is 1. The van der Waals surface area contributed by atoms with Gasteiger partial charge < -0.3 is 14.2 Å². The van der Waals surface area contributed by atoms with Crippen LogP contribution in [0.5, 0.6) is 11.5 Å². The molecule has 0 saturated heterocycles. The molecule has 0 atom stereocenters. The zero-order chi connectivity index (χ0) is 11.5. The topological polar surface area (TPSA) is 44.8 Å². The Bertz CT molecular complexity index is 417. The Kier molecular flexibility index (Phi) is 3.33. The summed E-state index contributed by atoms with van der Waals surface area (Å²) < 4.78 is 16.5. The zero-order valence-electron chi connectivity index (χ0n) is 8.79. The van der Waals surface area contributed by atoms with Crippen molar-refractivity contribution in [1.29, 1.82) is 0 Å². The summed E-state index contributed by atoms with van der Waals surface area (Å²) in [5.74, 6) is 0.605. The summed E-state index contributed by atoms with van der Waals surface area (Å²) in [6.45, 7) is 1.11. The number of esters is 1. The van der Waals surface area contributed by atoms with Crippen molar-refractivity contribution in [3.8, 4) is 11.5 Å². The highest BCUT2D eigenvalue weighted by Crippen LogP contribution is 2.39. The highest BCUT2D eigenvalue weighted by atomic mass is 79.9. The lowest BCUT2D eigenvalue weighted by atomic mass is 10.2. The van der Waals surface area contributed by atoms with Crippen LogP contribution in [0.1, 0.15) is 16.8 Å². The summed E-state index contributed by atoms with van der Waals surface area (Å²) in [4.78, 5) is 11.5. The summed E-state index contributed by atoms with van der Waals surface area (Å²) in [6, 6.07) is 3.41. The summed E-state index contributed by atoms with van der Waals surface area (Å²) in [5, 5.41) is 0. The second-order valence-corrected chi connectivity index (χ2v) is 4.15. The molecule has 16 heavy (non-hydrogen) atoms. The second kappa shape index (κ2) is 4.74. The molecule has 0 saturated carbocycles. The minimum Gasteiger partial charge on any atom is -0.489 e. The van der Waals surface area contributed by atoms with Gasteiger partial charge >= 0.3 is 5.97 Å².